The Morgan fingerprint density at radius 3 is 2.34 bits per heavy atom. The third kappa shape index (κ3) is 11.8. The van der Waals surface area contributed by atoms with Crippen molar-refractivity contribution >= 4 is 75.5 Å². The van der Waals surface area contributed by atoms with E-state index < -0.39 is 78.2 Å². The van der Waals surface area contributed by atoms with Crippen molar-refractivity contribution < 1.29 is 61.4 Å². The van der Waals surface area contributed by atoms with E-state index in [1.807, 2.05) is 48.5 Å². The molecule has 6 amide bonds. The standard InChI is InChI=1S/C54H64F2N7O12PS/c1-53(2,3)47(59-49(67)43-27-35-26-36(15-18-42(35)77-43)54(55,56)76(71,72)73)51(69)62-21-20-40(46(62)50(68)61-22-23-74-41(29-61)34-8-6-5-7-9-34)75-30-45(65)57-28-32-12-10-31(11-13-32)24-33-14-16-37-39(25-33)60(4)52(70)63(37)38-17-19-44(64)58-48(38)66/h5-9,14-16,18,25-27,31-32,38,40-41,46-47H,10-13,17,19-24,28-30H2,1-4H3,(H,57,65)(H,59,67)(H,58,64,66)(H2,71,72,73)/t31?,32?,38?,40?,41-,46-,47+/m0/s1. The minimum atomic E-state index is -5.85. The maximum atomic E-state index is 14.9. The molecule has 2 aromatic heterocycles. The van der Waals surface area contributed by atoms with Crippen molar-refractivity contribution in [3.8, 4) is 0 Å². The van der Waals surface area contributed by atoms with Crippen LogP contribution >= 0.6 is 18.9 Å². The number of amides is 6. The van der Waals surface area contributed by atoms with Gasteiger partial charge < -0.3 is 39.7 Å². The maximum absolute atomic E-state index is 14.9. The monoisotopic (exact) mass is 1100 g/mol. The highest BCUT2D eigenvalue weighted by Crippen LogP contribution is 2.59. The fraction of sp³-hybridized carbons (Fsp3) is 0.500. The van der Waals surface area contributed by atoms with Crippen LogP contribution in [-0.4, -0.2) is 122 Å². The number of rotatable bonds is 15. The Hall–Kier alpha value is -6.16. The Morgan fingerprint density at radius 1 is 0.909 bits per heavy atom. The average molecular weight is 1100 g/mol. The molecule has 2 unspecified atom stereocenters. The maximum Gasteiger partial charge on any atom is 0.399 e. The molecule has 4 fully saturated rings. The van der Waals surface area contributed by atoms with E-state index in [1.54, 1.807) is 32.7 Å². The molecule has 3 saturated heterocycles. The number of hydrogen-bond donors (Lipinski definition) is 5. The number of likely N-dealkylation sites (tertiary alicyclic amines) is 1. The molecule has 77 heavy (non-hydrogen) atoms. The molecule has 19 nitrogen and oxygen atoms in total. The first-order valence-electron chi connectivity index (χ1n) is 25.9. The quantitative estimate of drug-likeness (QED) is 0.0630. The van der Waals surface area contributed by atoms with Gasteiger partial charge in [-0.05, 0) is 109 Å². The number of aryl methyl sites for hydroxylation is 1. The highest BCUT2D eigenvalue weighted by molar-refractivity contribution is 7.52. The molecule has 5 aromatic rings. The van der Waals surface area contributed by atoms with Gasteiger partial charge in [0.05, 0.1) is 35.2 Å². The van der Waals surface area contributed by atoms with Crippen LogP contribution in [0.2, 0.25) is 0 Å². The van der Waals surface area contributed by atoms with Gasteiger partial charge in [-0.1, -0.05) is 63.2 Å². The predicted molar refractivity (Wildman–Crippen MR) is 281 cm³/mol. The van der Waals surface area contributed by atoms with Crippen molar-refractivity contribution in [1.82, 2.24) is 34.9 Å². The van der Waals surface area contributed by atoms with E-state index in [0.29, 0.717) is 28.2 Å². The summed E-state index contributed by atoms with van der Waals surface area (Å²) in [6.07, 6.45) is 3.73. The minimum Gasteiger partial charge on any atom is -0.370 e. The van der Waals surface area contributed by atoms with Gasteiger partial charge in [0.15, 0.2) is 0 Å². The van der Waals surface area contributed by atoms with Gasteiger partial charge in [0.1, 0.15) is 30.8 Å². The number of imide groups is 1. The first-order chi connectivity index (χ1) is 36.5. The van der Waals surface area contributed by atoms with Gasteiger partial charge in [0, 0.05) is 43.4 Å². The summed E-state index contributed by atoms with van der Waals surface area (Å²) in [5.74, 6) is -2.26. The summed E-state index contributed by atoms with van der Waals surface area (Å²) in [7, 11) is -4.18. The fourth-order valence-corrected chi connectivity index (χ4v) is 12.6. The molecule has 4 aliphatic rings. The number of halogens is 2. The lowest BCUT2D eigenvalue weighted by molar-refractivity contribution is -0.155. The van der Waals surface area contributed by atoms with Gasteiger partial charge >= 0.3 is 18.9 Å². The van der Waals surface area contributed by atoms with E-state index in [1.165, 1.54) is 26.2 Å². The highest BCUT2D eigenvalue weighted by atomic mass is 32.1. The lowest BCUT2D eigenvalue weighted by Crippen LogP contribution is -2.60. The second-order valence-electron chi connectivity index (χ2n) is 21.8. The molecule has 5 N–H and O–H groups in total. The minimum absolute atomic E-state index is 0.0545. The number of nitrogens with zero attached hydrogens (tertiary/aromatic N) is 4. The summed E-state index contributed by atoms with van der Waals surface area (Å²) in [6.45, 7) is 6.04. The number of nitrogens with one attached hydrogen (secondary N) is 3. The number of carbonyl (C=O) groups is 6. The Kier molecular flexibility index (Phi) is 16.1. The van der Waals surface area contributed by atoms with Gasteiger partial charge in [-0.2, -0.15) is 8.78 Å². The second-order valence-corrected chi connectivity index (χ2v) is 24.5. The molecule has 3 aromatic carbocycles. The summed E-state index contributed by atoms with van der Waals surface area (Å²) in [4.78, 5) is 117. The van der Waals surface area contributed by atoms with E-state index in [-0.39, 0.29) is 85.8 Å². The van der Waals surface area contributed by atoms with Gasteiger partial charge in [0.25, 0.3) is 5.91 Å². The van der Waals surface area contributed by atoms with Gasteiger partial charge in [-0.3, -0.25) is 47.8 Å². The number of hydrogen-bond acceptors (Lipinski definition) is 11. The number of thiophene rings is 1. The van der Waals surface area contributed by atoms with Crippen molar-refractivity contribution in [3.05, 3.63) is 105 Å². The summed E-state index contributed by atoms with van der Waals surface area (Å²) in [6, 6.07) is 16.5. The van der Waals surface area contributed by atoms with Gasteiger partial charge in [-0.25, -0.2) is 4.79 Å². The Bertz CT molecular complexity index is 3200. The number of fused-ring (bicyclic) bond motifs is 2. The van der Waals surface area contributed by atoms with Crippen LogP contribution in [0, 0.1) is 17.3 Å². The third-order valence-corrected chi connectivity index (χ3v) is 17.6. The normalized spacial score (nSPS) is 23.0. The smallest absolute Gasteiger partial charge is 0.370 e. The lowest BCUT2D eigenvalue weighted by atomic mass is 9.79. The second kappa shape index (κ2) is 22.3. The fourth-order valence-electron chi connectivity index (χ4n) is 11.1. The molecule has 0 radical (unpaired) electrons. The van der Waals surface area contributed by atoms with Crippen LogP contribution in [0.5, 0.6) is 0 Å². The largest absolute Gasteiger partial charge is 0.399 e. The van der Waals surface area contributed by atoms with Crippen LogP contribution in [0.3, 0.4) is 0 Å². The summed E-state index contributed by atoms with van der Waals surface area (Å²) in [5.41, 5.74) is -3.31. The van der Waals surface area contributed by atoms with Gasteiger partial charge in [0.2, 0.25) is 29.5 Å². The first-order valence-corrected chi connectivity index (χ1v) is 28.4. The average Bonchev–Trinajstić information content (AvgIpc) is 4.13. The van der Waals surface area contributed by atoms with Crippen molar-refractivity contribution in [3.63, 3.8) is 0 Å². The Labute approximate surface area is 446 Å². The number of benzene rings is 3. The van der Waals surface area contributed by atoms with Crippen LogP contribution in [0.4, 0.5) is 8.78 Å². The molecule has 5 heterocycles. The third-order valence-electron chi connectivity index (χ3n) is 15.5. The van der Waals surface area contributed by atoms with E-state index in [4.69, 9.17) is 9.47 Å². The first kappa shape index (κ1) is 55.6. The summed E-state index contributed by atoms with van der Waals surface area (Å²) in [5, 5.41) is 8.33. The molecule has 9 rings (SSSR count). The number of carbonyl (C=O) groups excluding carboxylic acids is 6. The van der Waals surface area contributed by atoms with Crippen LogP contribution in [-0.2, 0) is 57.1 Å². The number of piperidine rings is 1. The van der Waals surface area contributed by atoms with Crippen molar-refractivity contribution in [2.24, 2.45) is 24.3 Å². The van der Waals surface area contributed by atoms with Crippen LogP contribution < -0.4 is 21.6 Å². The Balaban J connectivity index is 0.836. The molecule has 0 spiro atoms. The van der Waals surface area contributed by atoms with E-state index >= 15 is 0 Å². The topological polar surface area (TPSA) is 248 Å². The van der Waals surface area contributed by atoms with Gasteiger partial charge in [-0.15, -0.1) is 11.3 Å². The SMILES string of the molecule is Cn1c(=O)n(C2CCC(=O)NC2=O)c2ccc(CC3CCC(CNC(=O)COC4CCN(C(=O)[C@@H](NC(=O)c5cc6cc(C(F)(F)P(=O)(O)O)ccc6s5)C(C)(C)C)[C@@H]4C(=O)N4CCO[C@H](c5ccccc5)C4)CC3)cc21. The molecule has 1 saturated carbocycles. The van der Waals surface area contributed by atoms with Crippen LogP contribution in [0.15, 0.2) is 77.6 Å². The lowest BCUT2D eigenvalue weighted by Gasteiger charge is -2.39. The zero-order valence-electron chi connectivity index (χ0n) is 43.2. The van der Waals surface area contributed by atoms with Crippen LogP contribution in [0.1, 0.15) is 104 Å². The van der Waals surface area contributed by atoms with Crippen molar-refractivity contribution in [2.75, 3.05) is 39.4 Å². The van der Waals surface area contributed by atoms with Crippen molar-refractivity contribution in [2.45, 2.75) is 108 Å². The zero-order chi connectivity index (χ0) is 55.1. The van der Waals surface area contributed by atoms with Crippen molar-refractivity contribution in [1.29, 1.82) is 0 Å². The molecule has 5 atom stereocenters. The molecule has 0 bridgehead atoms. The van der Waals surface area contributed by atoms with Crippen LogP contribution in [0.25, 0.3) is 21.1 Å². The number of aromatic nitrogens is 2. The highest BCUT2D eigenvalue weighted by Gasteiger charge is 2.51. The molecule has 1 aliphatic carbocycles. The zero-order valence-corrected chi connectivity index (χ0v) is 45.0. The number of alkyl halides is 2. The number of ether oxygens (including phenoxy) is 2. The van der Waals surface area contributed by atoms with E-state index in [9.17, 15) is 56.7 Å². The summed E-state index contributed by atoms with van der Waals surface area (Å²) >= 11 is 0.948. The Morgan fingerprint density at radius 2 is 1.64 bits per heavy atom. The molecule has 412 valence electrons. The molecule has 3 aliphatic heterocycles. The number of morpholine rings is 1. The molecular weight excluding hydrogens is 1040 g/mol. The predicted octanol–water partition coefficient (Wildman–Crippen LogP) is 5.66. The van der Waals surface area contributed by atoms with E-state index in [2.05, 4.69) is 16.0 Å². The number of imidazole rings is 1. The van der Waals surface area contributed by atoms with E-state index in [0.717, 1.165) is 66.7 Å². The molecule has 23 heteroatoms. The molecular formula is C54H64F2N7O12PS. The summed E-state index contributed by atoms with van der Waals surface area (Å²) < 4.78 is 56.5.